The summed E-state index contributed by atoms with van der Waals surface area (Å²) in [5, 5.41) is 3.02. The first-order chi connectivity index (χ1) is 11.7. The molecule has 0 heterocycles. The van der Waals surface area contributed by atoms with Crippen molar-refractivity contribution in [1.29, 1.82) is 0 Å². The molecule has 0 fully saturated rings. The van der Waals surface area contributed by atoms with Gasteiger partial charge in [-0.2, -0.15) is 0 Å². The maximum absolute atomic E-state index is 12.1. The monoisotopic (exact) mass is 465 g/mol. The lowest BCUT2D eigenvalue weighted by Crippen LogP contribution is -2.27. The summed E-state index contributed by atoms with van der Waals surface area (Å²) in [6.45, 7) is -0.0549. The second-order valence-electron chi connectivity index (χ2n) is 5.00. The van der Waals surface area contributed by atoms with Gasteiger partial charge in [0.2, 0.25) is 15.9 Å². The summed E-state index contributed by atoms with van der Waals surface area (Å²) in [7, 11) is -3.67. The molecule has 0 atom stereocenters. The number of anilines is 2. The second-order valence-corrected chi connectivity index (χ2v) is 8.50. The third kappa shape index (κ3) is 5.58. The minimum atomic E-state index is -3.67. The summed E-state index contributed by atoms with van der Waals surface area (Å²) in [6, 6.07) is 9.10. The Morgan fingerprint density at radius 2 is 1.68 bits per heavy atom. The van der Waals surface area contributed by atoms with E-state index in [0.29, 0.717) is 5.69 Å². The molecule has 0 aromatic heterocycles. The minimum Gasteiger partial charge on any atom is -0.396 e. The van der Waals surface area contributed by atoms with Gasteiger partial charge in [-0.15, -0.1) is 0 Å². The molecule has 0 unspecified atom stereocenters. The Kier molecular flexibility index (Phi) is 6.70. The third-order valence-corrected chi connectivity index (χ3v) is 5.76. The minimum absolute atomic E-state index is 0.0549. The number of benzene rings is 2. The topological polar surface area (TPSA) is 101 Å². The molecular formula is C15H14BrCl2N3O3S. The van der Waals surface area contributed by atoms with Crippen molar-refractivity contribution in [2.75, 3.05) is 17.6 Å². The van der Waals surface area contributed by atoms with Crippen LogP contribution in [0.15, 0.2) is 45.8 Å². The van der Waals surface area contributed by atoms with Gasteiger partial charge in [-0.05, 0) is 36.4 Å². The first-order valence-corrected chi connectivity index (χ1v) is 10.0. The Hall–Kier alpha value is -1.32. The Morgan fingerprint density at radius 1 is 1.12 bits per heavy atom. The number of carbonyl (C=O) groups is 1. The molecule has 0 bridgehead atoms. The van der Waals surface area contributed by atoms with Crippen LogP contribution >= 0.6 is 39.1 Å². The molecule has 2 rings (SSSR count). The fourth-order valence-corrected chi connectivity index (χ4v) is 3.66. The SMILES string of the molecule is Nc1c(Cl)cc(NC(=O)CCNS(=O)(=O)c2ccc(Br)cc2)cc1Cl. The summed E-state index contributed by atoms with van der Waals surface area (Å²) in [4.78, 5) is 12.0. The lowest BCUT2D eigenvalue weighted by molar-refractivity contribution is -0.116. The molecule has 25 heavy (non-hydrogen) atoms. The van der Waals surface area contributed by atoms with Crippen LogP contribution in [0.3, 0.4) is 0 Å². The molecule has 6 nitrogen and oxygen atoms in total. The quantitative estimate of drug-likeness (QED) is 0.565. The number of nitrogens with one attached hydrogen (secondary N) is 2. The normalized spacial score (nSPS) is 11.3. The van der Waals surface area contributed by atoms with Crippen molar-refractivity contribution in [2.24, 2.45) is 0 Å². The van der Waals surface area contributed by atoms with Gasteiger partial charge in [0.15, 0.2) is 0 Å². The average molecular weight is 467 g/mol. The van der Waals surface area contributed by atoms with Gasteiger partial charge in [-0.3, -0.25) is 4.79 Å². The van der Waals surface area contributed by atoms with Gasteiger partial charge in [0, 0.05) is 23.1 Å². The van der Waals surface area contributed by atoms with Crippen LogP contribution in [0, 0.1) is 0 Å². The van der Waals surface area contributed by atoms with Crippen LogP contribution in [-0.2, 0) is 14.8 Å². The number of nitrogens with two attached hydrogens (primary N) is 1. The van der Waals surface area contributed by atoms with E-state index in [1.807, 2.05) is 0 Å². The molecule has 2 aromatic rings. The van der Waals surface area contributed by atoms with Crippen molar-refractivity contribution in [3.8, 4) is 0 Å². The van der Waals surface area contributed by atoms with E-state index in [-0.39, 0.29) is 33.6 Å². The third-order valence-electron chi connectivity index (χ3n) is 3.13. The smallest absolute Gasteiger partial charge is 0.240 e. The summed E-state index contributed by atoms with van der Waals surface area (Å²) in [5.74, 6) is -0.393. The molecule has 0 aliphatic heterocycles. The van der Waals surface area contributed by atoms with Crippen LogP contribution < -0.4 is 15.8 Å². The fraction of sp³-hybridized carbons (Fsp3) is 0.133. The highest BCUT2D eigenvalue weighted by Crippen LogP contribution is 2.31. The maximum atomic E-state index is 12.1. The number of rotatable bonds is 6. The van der Waals surface area contributed by atoms with Crippen molar-refractivity contribution in [3.63, 3.8) is 0 Å². The van der Waals surface area contributed by atoms with E-state index >= 15 is 0 Å². The zero-order chi connectivity index (χ0) is 18.6. The summed E-state index contributed by atoms with van der Waals surface area (Å²) in [5.41, 5.74) is 6.22. The van der Waals surface area contributed by atoms with Crippen molar-refractivity contribution in [3.05, 3.63) is 50.9 Å². The highest BCUT2D eigenvalue weighted by molar-refractivity contribution is 9.10. The Balaban J connectivity index is 1.91. The van der Waals surface area contributed by atoms with E-state index < -0.39 is 15.9 Å². The van der Waals surface area contributed by atoms with Gasteiger partial charge < -0.3 is 11.1 Å². The Bertz CT molecular complexity index is 866. The molecule has 0 aliphatic rings. The number of hydrogen-bond donors (Lipinski definition) is 3. The van der Waals surface area contributed by atoms with Crippen LogP contribution in [0.5, 0.6) is 0 Å². The van der Waals surface area contributed by atoms with E-state index in [4.69, 9.17) is 28.9 Å². The summed E-state index contributed by atoms with van der Waals surface area (Å²) >= 11 is 15.0. The lowest BCUT2D eigenvalue weighted by Gasteiger charge is -2.09. The van der Waals surface area contributed by atoms with Crippen LogP contribution in [0.1, 0.15) is 6.42 Å². The van der Waals surface area contributed by atoms with Crippen LogP contribution in [0.2, 0.25) is 10.0 Å². The Morgan fingerprint density at radius 3 is 2.24 bits per heavy atom. The average Bonchev–Trinajstić information content (AvgIpc) is 2.52. The molecule has 4 N–H and O–H groups in total. The van der Waals surface area contributed by atoms with E-state index in [1.54, 1.807) is 12.1 Å². The van der Waals surface area contributed by atoms with Gasteiger partial charge in [-0.1, -0.05) is 39.1 Å². The summed E-state index contributed by atoms with van der Waals surface area (Å²) in [6.07, 6.45) is -0.0601. The maximum Gasteiger partial charge on any atom is 0.240 e. The lowest BCUT2D eigenvalue weighted by atomic mass is 10.2. The van der Waals surface area contributed by atoms with Crippen LogP contribution in [0.4, 0.5) is 11.4 Å². The predicted octanol–water partition coefficient (Wildman–Crippen LogP) is 3.65. The molecule has 2 aromatic carbocycles. The first kappa shape index (κ1) is 20.0. The number of halogens is 3. The largest absolute Gasteiger partial charge is 0.396 e. The standard InChI is InChI=1S/C15H14BrCl2N3O3S/c16-9-1-3-11(4-2-9)25(23,24)20-6-5-14(22)21-10-7-12(17)15(19)13(18)8-10/h1-4,7-8,20H,5-6,19H2,(H,21,22). The van der Waals surface area contributed by atoms with Crippen molar-refractivity contribution >= 4 is 66.4 Å². The predicted molar refractivity (Wildman–Crippen MR) is 103 cm³/mol. The molecular weight excluding hydrogens is 453 g/mol. The molecule has 0 radical (unpaired) electrons. The number of carbonyl (C=O) groups excluding carboxylic acids is 1. The zero-order valence-corrected chi connectivity index (χ0v) is 16.6. The number of sulfonamides is 1. The second kappa shape index (κ2) is 8.37. The van der Waals surface area contributed by atoms with Gasteiger partial charge in [0.1, 0.15) is 0 Å². The van der Waals surface area contributed by atoms with E-state index in [9.17, 15) is 13.2 Å². The molecule has 0 saturated heterocycles. The number of amides is 1. The molecule has 0 aliphatic carbocycles. The molecule has 1 amide bonds. The van der Waals surface area contributed by atoms with E-state index in [1.165, 1.54) is 24.3 Å². The molecule has 0 spiro atoms. The van der Waals surface area contributed by atoms with Crippen molar-refractivity contribution in [2.45, 2.75) is 11.3 Å². The molecule has 134 valence electrons. The van der Waals surface area contributed by atoms with E-state index in [2.05, 4.69) is 26.0 Å². The van der Waals surface area contributed by atoms with Gasteiger partial charge in [0.05, 0.1) is 20.6 Å². The number of nitrogen functional groups attached to an aromatic ring is 1. The van der Waals surface area contributed by atoms with Gasteiger partial charge >= 0.3 is 0 Å². The highest BCUT2D eigenvalue weighted by Gasteiger charge is 2.14. The van der Waals surface area contributed by atoms with Gasteiger partial charge in [-0.25, -0.2) is 13.1 Å². The molecule has 10 heteroatoms. The zero-order valence-electron chi connectivity index (χ0n) is 12.7. The Labute approximate surface area is 163 Å². The van der Waals surface area contributed by atoms with Crippen LogP contribution in [-0.4, -0.2) is 20.9 Å². The van der Waals surface area contributed by atoms with Crippen LogP contribution in [0.25, 0.3) is 0 Å². The van der Waals surface area contributed by atoms with Crippen molar-refractivity contribution < 1.29 is 13.2 Å². The molecule has 0 saturated carbocycles. The van der Waals surface area contributed by atoms with E-state index in [0.717, 1.165) is 4.47 Å². The van der Waals surface area contributed by atoms with Crippen molar-refractivity contribution in [1.82, 2.24) is 4.72 Å². The highest BCUT2D eigenvalue weighted by atomic mass is 79.9. The first-order valence-electron chi connectivity index (χ1n) is 6.98. The van der Waals surface area contributed by atoms with Gasteiger partial charge in [0.25, 0.3) is 0 Å². The summed E-state index contributed by atoms with van der Waals surface area (Å²) < 4.78 is 27.3. The number of hydrogen-bond acceptors (Lipinski definition) is 4. The fourth-order valence-electron chi connectivity index (χ4n) is 1.88.